The van der Waals surface area contributed by atoms with E-state index >= 15 is 0 Å². The lowest BCUT2D eigenvalue weighted by Crippen LogP contribution is -2.37. The number of rotatable bonds is 48. The molecule has 0 saturated heterocycles. The first kappa shape index (κ1) is 60.5. The molecule has 0 aromatic rings. The summed E-state index contributed by atoms with van der Waals surface area (Å²) in [5.74, 6) is -0.838. The summed E-state index contributed by atoms with van der Waals surface area (Å²) in [4.78, 5) is 37.7. The molecule has 0 fully saturated rings. The van der Waals surface area contributed by atoms with E-state index in [1.807, 2.05) is 21.1 Å². The summed E-state index contributed by atoms with van der Waals surface area (Å²) in [6, 6.07) is 0. The lowest BCUT2D eigenvalue weighted by Gasteiger charge is -2.28. The van der Waals surface area contributed by atoms with Gasteiger partial charge in [0, 0.05) is 12.8 Å². The van der Waals surface area contributed by atoms with E-state index in [1.165, 1.54) is 154 Å². The Balaban J connectivity index is 4.17. The zero-order chi connectivity index (χ0) is 45.7. The molecular formula is C52H100NO8P. The van der Waals surface area contributed by atoms with Crippen molar-refractivity contribution < 1.29 is 42.1 Å². The summed E-state index contributed by atoms with van der Waals surface area (Å²) in [7, 11) is 1.17. The molecule has 0 bridgehead atoms. The van der Waals surface area contributed by atoms with Gasteiger partial charge in [0.25, 0.3) is 7.82 Å². The van der Waals surface area contributed by atoms with Gasteiger partial charge in [-0.2, -0.15) is 0 Å². The van der Waals surface area contributed by atoms with E-state index in [1.54, 1.807) is 0 Å². The van der Waals surface area contributed by atoms with Crippen molar-refractivity contribution in [3.05, 3.63) is 24.3 Å². The Morgan fingerprint density at radius 3 is 1.31 bits per heavy atom. The van der Waals surface area contributed by atoms with Crippen molar-refractivity contribution in [3.63, 3.8) is 0 Å². The Morgan fingerprint density at radius 1 is 0.500 bits per heavy atom. The third-order valence-electron chi connectivity index (χ3n) is 11.5. The van der Waals surface area contributed by atoms with Crippen LogP contribution < -0.4 is 4.89 Å². The summed E-state index contributed by atoms with van der Waals surface area (Å²) in [5, 5.41) is 0. The van der Waals surface area contributed by atoms with Crippen LogP contribution in [0.1, 0.15) is 245 Å². The van der Waals surface area contributed by atoms with Crippen LogP contribution in [0.25, 0.3) is 0 Å². The molecule has 0 rings (SSSR count). The largest absolute Gasteiger partial charge is 0.756 e. The first-order chi connectivity index (χ1) is 30.0. The van der Waals surface area contributed by atoms with Crippen LogP contribution in [0.4, 0.5) is 0 Å². The maximum absolute atomic E-state index is 12.7. The molecule has 62 heavy (non-hydrogen) atoms. The third kappa shape index (κ3) is 48.0. The van der Waals surface area contributed by atoms with Crippen LogP contribution in [0.3, 0.4) is 0 Å². The Bertz CT molecular complexity index is 1110. The first-order valence-corrected chi connectivity index (χ1v) is 27.5. The van der Waals surface area contributed by atoms with Crippen LogP contribution in [0, 0.1) is 0 Å². The fourth-order valence-electron chi connectivity index (χ4n) is 7.39. The lowest BCUT2D eigenvalue weighted by atomic mass is 10.0. The number of likely N-dealkylation sites (N-methyl/N-ethyl adjacent to an activating group) is 1. The quantitative estimate of drug-likeness (QED) is 0.0195. The number of allylic oxidation sites excluding steroid dienone is 4. The van der Waals surface area contributed by atoms with Crippen molar-refractivity contribution in [3.8, 4) is 0 Å². The van der Waals surface area contributed by atoms with Crippen LogP contribution >= 0.6 is 7.82 Å². The van der Waals surface area contributed by atoms with Gasteiger partial charge >= 0.3 is 11.9 Å². The van der Waals surface area contributed by atoms with Crippen molar-refractivity contribution >= 4 is 19.8 Å². The second kappa shape index (κ2) is 44.7. The summed E-state index contributed by atoms with van der Waals surface area (Å²) >= 11 is 0. The minimum atomic E-state index is -4.63. The molecule has 0 saturated carbocycles. The van der Waals surface area contributed by atoms with E-state index in [4.69, 9.17) is 18.5 Å². The molecule has 2 atom stereocenters. The van der Waals surface area contributed by atoms with Crippen LogP contribution in [0.15, 0.2) is 24.3 Å². The minimum Gasteiger partial charge on any atom is -0.756 e. The number of carbonyl (C=O) groups excluding carboxylic acids is 2. The number of esters is 2. The zero-order valence-corrected chi connectivity index (χ0v) is 42.2. The predicted molar refractivity (Wildman–Crippen MR) is 259 cm³/mol. The van der Waals surface area contributed by atoms with E-state index in [0.717, 1.165) is 57.8 Å². The third-order valence-corrected chi connectivity index (χ3v) is 12.4. The Kier molecular flexibility index (Phi) is 43.6. The van der Waals surface area contributed by atoms with Crippen molar-refractivity contribution in [1.29, 1.82) is 0 Å². The van der Waals surface area contributed by atoms with Gasteiger partial charge in [-0.3, -0.25) is 14.2 Å². The molecule has 366 valence electrons. The van der Waals surface area contributed by atoms with Gasteiger partial charge in [0.15, 0.2) is 6.10 Å². The first-order valence-electron chi connectivity index (χ1n) is 26.0. The summed E-state index contributed by atoms with van der Waals surface area (Å²) in [6.07, 6.45) is 50.7. The molecule has 0 aromatic heterocycles. The van der Waals surface area contributed by atoms with Crippen LogP contribution in [0.2, 0.25) is 0 Å². The van der Waals surface area contributed by atoms with Crippen molar-refractivity contribution in [2.75, 3.05) is 47.5 Å². The number of phosphoric acid groups is 1. The number of hydrogen-bond acceptors (Lipinski definition) is 8. The average molecular weight is 898 g/mol. The Hall–Kier alpha value is -1.51. The standard InChI is InChI=1S/C52H100NO8P/c1-6-8-10-12-14-16-18-20-22-23-24-25-26-27-28-29-31-32-34-36-38-40-42-44-51(54)58-48-50(49-60-62(56,57)59-47-46-53(3,4)5)61-52(55)45-43-41-39-37-35-33-30-21-19-17-15-13-11-9-7-2/h15,17,21,30,50H,6-14,16,18-20,22-29,31-49H2,1-5H3/b17-15+,30-21+/t50-/m0/s1. The summed E-state index contributed by atoms with van der Waals surface area (Å²) < 4.78 is 34.0. The molecule has 0 heterocycles. The topological polar surface area (TPSA) is 111 Å². The van der Waals surface area contributed by atoms with Crippen molar-refractivity contribution in [2.24, 2.45) is 0 Å². The Morgan fingerprint density at radius 2 is 0.871 bits per heavy atom. The number of carbonyl (C=O) groups is 2. The van der Waals surface area contributed by atoms with Gasteiger partial charge in [-0.1, -0.05) is 212 Å². The highest BCUT2D eigenvalue weighted by atomic mass is 31.2. The minimum absolute atomic E-state index is 0.0316. The summed E-state index contributed by atoms with van der Waals surface area (Å²) in [5.41, 5.74) is 0. The molecule has 0 aliphatic carbocycles. The van der Waals surface area contributed by atoms with Gasteiger partial charge in [0.1, 0.15) is 19.8 Å². The molecule has 9 nitrogen and oxygen atoms in total. The number of nitrogens with zero attached hydrogens (tertiary/aromatic N) is 1. The van der Waals surface area contributed by atoms with Gasteiger partial charge in [0.05, 0.1) is 27.7 Å². The maximum atomic E-state index is 12.7. The SMILES string of the molecule is CCCCC/C=C/C/C=C/CCCCCCCC(=O)O[C@@H](COC(=O)CCCCCCCCCCCCCCCCCCCCCCCCC)COP(=O)([O-])OCC[N+](C)(C)C. The van der Waals surface area contributed by atoms with E-state index in [0.29, 0.717) is 17.4 Å². The van der Waals surface area contributed by atoms with E-state index in [9.17, 15) is 19.0 Å². The molecule has 0 N–H and O–H groups in total. The van der Waals surface area contributed by atoms with Gasteiger partial charge in [-0.25, -0.2) is 0 Å². The van der Waals surface area contributed by atoms with Crippen LogP contribution in [0.5, 0.6) is 0 Å². The number of ether oxygens (including phenoxy) is 2. The van der Waals surface area contributed by atoms with Crippen LogP contribution in [-0.2, 0) is 32.7 Å². The van der Waals surface area contributed by atoms with Crippen LogP contribution in [-0.4, -0.2) is 70.0 Å². The predicted octanol–water partition coefficient (Wildman–Crippen LogP) is 14.8. The molecule has 1 unspecified atom stereocenters. The van der Waals surface area contributed by atoms with E-state index < -0.39 is 26.5 Å². The van der Waals surface area contributed by atoms with Gasteiger partial charge in [-0.15, -0.1) is 0 Å². The lowest BCUT2D eigenvalue weighted by molar-refractivity contribution is -0.870. The van der Waals surface area contributed by atoms with Gasteiger partial charge in [0.2, 0.25) is 0 Å². The fraction of sp³-hybridized carbons (Fsp3) is 0.885. The highest BCUT2D eigenvalue weighted by Crippen LogP contribution is 2.38. The zero-order valence-electron chi connectivity index (χ0n) is 41.3. The molecule has 0 aromatic carbocycles. The van der Waals surface area contributed by atoms with Crippen molar-refractivity contribution in [1.82, 2.24) is 0 Å². The highest BCUT2D eigenvalue weighted by molar-refractivity contribution is 7.45. The van der Waals surface area contributed by atoms with Crippen molar-refractivity contribution in [2.45, 2.75) is 251 Å². The molecule has 0 aliphatic rings. The molecule has 10 heteroatoms. The van der Waals surface area contributed by atoms with Gasteiger partial charge < -0.3 is 27.9 Å². The number of phosphoric ester groups is 1. The number of quaternary nitrogens is 1. The summed E-state index contributed by atoms with van der Waals surface area (Å²) in [6.45, 7) is 4.23. The Labute approximate surface area is 383 Å². The second-order valence-corrected chi connectivity index (χ2v) is 20.3. The molecule has 0 radical (unpaired) electrons. The van der Waals surface area contributed by atoms with E-state index in [2.05, 4.69) is 38.2 Å². The average Bonchev–Trinajstić information content (AvgIpc) is 3.23. The monoisotopic (exact) mass is 898 g/mol. The fourth-order valence-corrected chi connectivity index (χ4v) is 8.12. The number of unbranched alkanes of at least 4 members (excludes halogenated alkanes) is 30. The maximum Gasteiger partial charge on any atom is 0.306 e. The number of hydrogen-bond donors (Lipinski definition) is 0. The van der Waals surface area contributed by atoms with E-state index in [-0.39, 0.29) is 32.0 Å². The molecular weight excluding hydrogens is 798 g/mol. The van der Waals surface area contributed by atoms with Gasteiger partial charge in [-0.05, 0) is 44.9 Å². The molecule has 0 spiro atoms. The molecule has 0 aliphatic heterocycles. The second-order valence-electron chi connectivity index (χ2n) is 18.9. The normalized spacial score (nSPS) is 13.6. The smallest absolute Gasteiger partial charge is 0.306 e. The highest BCUT2D eigenvalue weighted by Gasteiger charge is 2.21. The molecule has 0 amide bonds.